The van der Waals surface area contributed by atoms with Gasteiger partial charge in [0.05, 0.1) is 0 Å². The summed E-state index contributed by atoms with van der Waals surface area (Å²) in [6.07, 6.45) is -0.760. The van der Waals surface area contributed by atoms with Gasteiger partial charge in [0.15, 0.2) is 0 Å². The minimum atomic E-state index is -0.760. The van der Waals surface area contributed by atoms with Gasteiger partial charge < -0.3 is 10.1 Å². The molecular formula is C16H16N2O2. The molecule has 3 aromatic rings. The molecule has 102 valence electrons. The van der Waals surface area contributed by atoms with Crippen molar-refractivity contribution >= 4 is 5.65 Å². The van der Waals surface area contributed by atoms with Crippen molar-refractivity contribution in [3.63, 3.8) is 0 Å². The summed E-state index contributed by atoms with van der Waals surface area (Å²) in [5.41, 5.74) is 3.86. The Bertz CT molecular complexity index is 816. The molecule has 4 nitrogen and oxygen atoms in total. The Balaban J connectivity index is 2.25. The fourth-order valence-electron chi connectivity index (χ4n) is 2.49. The number of benzene rings is 1. The summed E-state index contributed by atoms with van der Waals surface area (Å²) < 4.78 is 1.61. The molecule has 0 saturated heterocycles. The summed E-state index contributed by atoms with van der Waals surface area (Å²) in [6, 6.07) is 12.6. The topological polar surface area (TPSA) is 57.5 Å². The maximum absolute atomic E-state index is 12.0. The first-order valence-electron chi connectivity index (χ1n) is 6.53. The summed E-state index contributed by atoms with van der Waals surface area (Å²) in [5.74, 6) is 0. The average Bonchev–Trinajstić information content (AvgIpc) is 2.76. The Morgan fingerprint density at radius 2 is 1.80 bits per heavy atom. The summed E-state index contributed by atoms with van der Waals surface area (Å²) in [7, 11) is 0. The number of nitrogens with one attached hydrogen (secondary N) is 1. The van der Waals surface area contributed by atoms with Crippen LogP contribution < -0.4 is 5.56 Å². The molecule has 2 N–H and O–H groups in total. The van der Waals surface area contributed by atoms with Crippen molar-refractivity contribution in [2.24, 2.45) is 0 Å². The molecule has 4 heteroatoms. The first kappa shape index (κ1) is 12.7. The van der Waals surface area contributed by atoms with E-state index in [9.17, 15) is 9.90 Å². The van der Waals surface area contributed by atoms with Crippen molar-refractivity contribution in [1.29, 1.82) is 0 Å². The molecule has 0 amide bonds. The van der Waals surface area contributed by atoms with E-state index in [0.717, 1.165) is 17.0 Å². The summed E-state index contributed by atoms with van der Waals surface area (Å²) in [6.45, 7) is 3.80. The standard InChI is InChI=1S/C16H16N2O2/c1-10-11(2)18-14(19)9-8-13(16(18)17-10)15(20)12-6-4-3-5-7-12/h3-9,15,17,20H,1-2H3. The van der Waals surface area contributed by atoms with E-state index in [1.165, 1.54) is 6.07 Å². The van der Waals surface area contributed by atoms with Crippen LogP contribution in [0.5, 0.6) is 0 Å². The second-order valence-electron chi connectivity index (χ2n) is 4.96. The molecule has 1 atom stereocenters. The number of aromatic amines is 1. The third-order valence-electron chi connectivity index (χ3n) is 3.72. The lowest BCUT2D eigenvalue weighted by Gasteiger charge is -2.12. The van der Waals surface area contributed by atoms with Crippen LogP contribution in [-0.4, -0.2) is 14.5 Å². The lowest BCUT2D eigenvalue weighted by molar-refractivity contribution is 0.221. The highest BCUT2D eigenvalue weighted by Crippen LogP contribution is 2.25. The van der Waals surface area contributed by atoms with Crippen LogP contribution in [0.1, 0.15) is 28.6 Å². The second-order valence-corrected chi connectivity index (χ2v) is 4.96. The van der Waals surface area contributed by atoms with Crippen molar-refractivity contribution < 1.29 is 5.11 Å². The van der Waals surface area contributed by atoms with Crippen LogP contribution in [-0.2, 0) is 0 Å². The quantitative estimate of drug-likeness (QED) is 0.749. The van der Waals surface area contributed by atoms with Gasteiger partial charge in [-0.3, -0.25) is 9.20 Å². The van der Waals surface area contributed by atoms with Gasteiger partial charge in [-0.05, 0) is 25.5 Å². The highest BCUT2D eigenvalue weighted by atomic mass is 16.3. The van der Waals surface area contributed by atoms with Gasteiger partial charge in [0.1, 0.15) is 11.8 Å². The third-order valence-corrected chi connectivity index (χ3v) is 3.72. The predicted molar refractivity (Wildman–Crippen MR) is 78.0 cm³/mol. The zero-order valence-electron chi connectivity index (χ0n) is 11.4. The Morgan fingerprint density at radius 1 is 1.10 bits per heavy atom. The fourth-order valence-corrected chi connectivity index (χ4v) is 2.49. The molecule has 0 radical (unpaired) electrons. The van der Waals surface area contributed by atoms with Gasteiger partial charge in [0.25, 0.3) is 5.56 Å². The first-order valence-corrected chi connectivity index (χ1v) is 6.53. The number of hydrogen-bond acceptors (Lipinski definition) is 2. The molecular weight excluding hydrogens is 252 g/mol. The zero-order valence-corrected chi connectivity index (χ0v) is 11.4. The highest BCUT2D eigenvalue weighted by molar-refractivity contribution is 5.54. The van der Waals surface area contributed by atoms with Crippen LogP contribution in [0, 0.1) is 13.8 Å². The number of aliphatic hydroxyl groups excluding tert-OH is 1. The molecule has 0 bridgehead atoms. The van der Waals surface area contributed by atoms with E-state index < -0.39 is 6.10 Å². The Morgan fingerprint density at radius 3 is 2.50 bits per heavy atom. The molecule has 0 aliphatic carbocycles. The van der Waals surface area contributed by atoms with Crippen LogP contribution in [0.3, 0.4) is 0 Å². The summed E-state index contributed by atoms with van der Waals surface area (Å²) in [4.78, 5) is 15.2. The van der Waals surface area contributed by atoms with Crippen LogP contribution >= 0.6 is 0 Å². The van der Waals surface area contributed by atoms with Crippen molar-refractivity contribution in [3.8, 4) is 0 Å². The third kappa shape index (κ3) is 1.85. The van der Waals surface area contributed by atoms with E-state index in [1.807, 2.05) is 44.2 Å². The minimum Gasteiger partial charge on any atom is -0.384 e. The van der Waals surface area contributed by atoms with Gasteiger partial charge in [-0.2, -0.15) is 0 Å². The smallest absolute Gasteiger partial charge is 0.256 e. The number of aromatic nitrogens is 2. The van der Waals surface area contributed by atoms with Crippen molar-refractivity contribution in [1.82, 2.24) is 9.38 Å². The van der Waals surface area contributed by atoms with Crippen LogP contribution in [0.25, 0.3) is 5.65 Å². The van der Waals surface area contributed by atoms with Crippen molar-refractivity contribution in [2.45, 2.75) is 20.0 Å². The Kier molecular flexibility index (Phi) is 2.95. The lowest BCUT2D eigenvalue weighted by Crippen LogP contribution is -2.15. The maximum atomic E-state index is 12.0. The van der Waals surface area contributed by atoms with Gasteiger partial charge in [0.2, 0.25) is 0 Å². The summed E-state index contributed by atoms with van der Waals surface area (Å²) >= 11 is 0. The molecule has 1 unspecified atom stereocenters. The maximum Gasteiger partial charge on any atom is 0.256 e. The van der Waals surface area contributed by atoms with E-state index in [-0.39, 0.29) is 5.56 Å². The molecule has 0 aliphatic heterocycles. The van der Waals surface area contributed by atoms with Crippen LogP contribution in [0.4, 0.5) is 0 Å². The second kappa shape index (κ2) is 4.65. The van der Waals surface area contributed by atoms with E-state index in [0.29, 0.717) is 11.2 Å². The number of aliphatic hydroxyl groups is 1. The van der Waals surface area contributed by atoms with Crippen LogP contribution in [0.2, 0.25) is 0 Å². The number of rotatable bonds is 2. The zero-order chi connectivity index (χ0) is 14.3. The van der Waals surface area contributed by atoms with Crippen molar-refractivity contribution in [3.05, 3.63) is 75.3 Å². The lowest BCUT2D eigenvalue weighted by atomic mass is 10.0. The van der Waals surface area contributed by atoms with Gasteiger partial charge in [0, 0.05) is 23.0 Å². The SMILES string of the molecule is Cc1[nH]c2c(C(O)c3ccccc3)ccc(=O)n2c1C. The molecule has 20 heavy (non-hydrogen) atoms. The largest absolute Gasteiger partial charge is 0.384 e. The average molecular weight is 268 g/mol. The number of hydrogen-bond donors (Lipinski definition) is 2. The molecule has 2 heterocycles. The molecule has 1 aromatic carbocycles. The normalized spacial score (nSPS) is 12.8. The Hall–Kier alpha value is -2.33. The summed E-state index contributed by atoms with van der Waals surface area (Å²) in [5, 5.41) is 10.5. The molecule has 2 aromatic heterocycles. The highest BCUT2D eigenvalue weighted by Gasteiger charge is 2.17. The van der Waals surface area contributed by atoms with Gasteiger partial charge >= 0.3 is 0 Å². The number of nitrogens with zero attached hydrogens (tertiary/aromatic N) is 1. The monoisotopic (exact) mass is 268 g/mol. The number of pyridine rings is 1. The fraction of sp³-hybridized carbons (Fsp3) is 0.188. The van der Waals surface area contributed by atoms with Crippen LogP contribution in [0.15, 0.2) is 47.3 Å². The Labute approximate surface area is 116 Å². The van der Waals surface area contributed by atoms with E-state index >= 15 is 0 Å². The van der Waals surface area contributed by atoms with Crippen molar-refractivity contribution in [2.75, 3.05) is 0 Å². The number of fused-ring (bicyclic) bond motifs is 1. The van der Waals surface area contributed by atoms with E-state index in [4.69, 9.17) is 0 Å². The molecule has 0 spiro atoms. The predicted octanol–water partition coefficient (Wildman–Crippen LogP) is 2.33. The van der Waals surface area contributed by atoms with E-state index in [1.54, 1.807) is 10.5 Å². The first-order chi connectivity index (χ1) is 9.59. The number of imidazole rings is 1. The van der Waals surface area contributed by atoms with Gasteiger partial charge in [-0.15, -0.1) is 0 Å². The number of aryl methyl sites for hydroxylation is 2. The number of H-pyrrole nitrogens is 1. The molecule has 3 rings (SSSR count). The van der Waals surface area contributed by atoms with E-state index in [2.05, 4.69) is 4.98 Å². The van der Waals surface area contributed by atoms with Gasteiger partial charge in [-0.25, -0.2) is 0 Å². The van der Waals surface area contributed by atoms with Gasteiger partial charge in [-0.1, -0.05) is 30.3 Å². The molecule has 0 saturated carbocycles. The molecule has 0 fully saturated rings. The minimum absolute atomic E-state index is 0.0918. The molecule has 0 aliphatic rings.